The SMILES string of the molecule is Cc1cc(C)n([C@H]2CCN(Cc3ccc(CN(C)S(C)(=O)=O)o3)C2)n1. The van der Waals surface area contributed by atoms with E-state index in [2.05, 4.69) is 27.7 Å². The van der Waals surface area contributed by atoms with E-state index < -0.39 is 10.0 Å². The van der Waals surface area contributed by atoms with Crippen molar-refractivity contribution < 1.29 is 12.8 Å². The first-order valence-electron chi connectivity index (χ1n) is 8.46. The van der Waals surface area contributed by atoms with Crippen LogP contribution >= 0.6 is 0 Å². The summed E-state index contributed by atoms with van der Waals surface area (Å²) in [5.74, 6) is 1.53. The smallest absolute Gasteiger partial charge is 0.211 e. The van der Waals surface area contributed by atoms with E-state index in [0.29, 0.717) is 11.8 Å². The highest BCUT2D eigenvalue weighted by molar-refractivity contribution is 7.88. The minimum atomic E-state index is -3.20. The van der Waals surface area contributed by atoms with Gasteiger partial charge < -0.3 is 4.42 Å². The van der Waals surface area contributed by atoms with Crippen molar-refractivity contribution in [3.63, 3.8) is 0 Å². The number of furan rings is 1. The Balaban J connectivity index is 1.58. The Morgan fingerprint density at radius 1 is 1.32 bits per heavy atom. The van der Waals surface area contributed by atoms with E-state index in [1.165, 1.54) is 16.3 Å². The van der Waals surface area contributed by atoms with Gasteiger partial charge in [0.1, 0.15) is 11.5 Å². The molecule has 1 aliphatic rings. The van der Waals surface area contributed by atoms with Gasteiger partial charge in [0, 0.05) is 25.8 Å². The number of aryl methyl sites for hydroxylation is 2. The highest BCUT2D eigenvalue weighted by atomic mass is 32.2. The summed E-state index contributed by atoms with van der Waals surface area (Å²) < 4.78 is 32.2. The van der Waals surface area contributed by atoms with Gasteiger partial charge in [0.25, 0.3) is 0 Å². The molecule has 0 aromatic carbocycles. The number of aromatic nitrogens is 2. The molecule has 8 heteroatoms. The summed E-state index contributed by atoms with van der Waals surface area (Å²) in [4.78, 5) is 2.35. The van der Waals surface area contributed by atoms with Crippen molar-refractivity contribution in [3.8, 4) is 0 Å². The summed E-state index contributed by atoms with van der Waals surface area (Å²) in [5.41, 5.74) is 2.26. The van der Waals surface area contributed by atoms with Crippen LogP contribution in [0.1, 0.15) is 35.4 Å². The summed E-state index contributed by atoms with van der Waals surface area (Å²) in [6.45, 7) is 7.06. The van der Waals surface area contributed by atoms with E-state index in [4.69, 9.17) is 4.42 Å². The van der Waals surface area contributed by atoms with E-state index in [0.717, 1.165) is 37.5 Å². The predicted octanol–water partition coefficient (Wildman–Crippen LogP) is 1.93. The maximum Gasteiger partial charge on any atom is 0.211 e. The second-order valence-corrected chi connectivity index (χ2v) is 9.03. The van der Waals surface area contributed by atoms with Gasteiger partial charge >= 0.3 is 0 Å². The van der Waals surface area contributed by atoms with Gasteiger partial charge in [-0.3, -0.25) is 9.58 Å². The van der Waals surface area contributed by atoms with Crippen molar-refractivity contribution >= 4 is 10.0 Å². The first-order valence-corrected chi connectivity index (χ1v) is 10.3. The Labute approximate surface area is 149 Å². The Hall–Kier alpha value is -1.64. The number of sulfonamides is 1. The van der Waals surface area contributed by atoms with Crippen LogP contribution in [0.15, 0.2) is 22.6 Å². The third-order valence-electron chi connectivity index (χ3n) is 4.68. The Morgan fingerprint density at radius 2 is 2.04 bits per heavy atom. The third kappa shape index (κ3) is 4.31. The molecule has 2 aromatic rings. The van der Waals surface area contributed by atoms with Crippen LogP contribution in [0.4, 0.5) is 0 Å². The van der Waals surface area contributed by atoms with Crippen molar-refractivity contribution in [1.82, 2.24) is 19.0 Å². The number of hydrogen-bond donors (Lipinski definition) is 0. The molecular weight excluding hydrogens is 340 g/mol. The highest BCUT2D eigenvalue weighted by Gasteiger charge is 2.26. The molecule has 1 saturated heterocycles. The number of rotatable bonds is 6. The molecule has 0 amide bonds. The highest BCUT2D eigenvalue weighted by Crippen LogP contribution is 2.25. The van der Waals surface area contributed by atoms with Gasteiger partial charge in [-0.25, -0.2) is 8.42 Å². The Kier molecular flexibility index (Phi) is 5.04. The summed E-state index contributed by atoms with van der Waals surface area (Å²) in [6.07, 6.45) is 2.27. The van der Waals surface area contributed by atoms with E-state index in [-0.39, 0.29) is 6.54 Å². The van der Waals surface area contributed by atoms with Crippen molar-refractivity contribution in [3.05, 3.63) is 41.1 Å². The lowest BCUT2D eigenvalue weighted by molar-refractivity contribution is 0.275. The van der Waals surface area contributed by atoms with Crippen LogP contribution in [0.2, 0.25) is 0 Å². The summed E-state index contributed by atoms with van der Waals surface area (Å²) in [7, 11) is -1.65. The van der Waals surface area contributed by atoms with E-state index in [1.54, 1.807) is 7.05 Å². The van der Waals surface area contributed by atoms with E-state index >= 15 is 0 Å². The third-order valence-corrected chi connectivity index (χ3v) is 5.94. The van der Waals surface area contributed by atoms with Crippen molar-refractivity contribution in [2.24, 2.45) is 0 Å². The van der Waals surface area contributed by atoms with Crippen LogP contribution in [0, 0.1) is 13.8 Å². The molecule has 7 nitrogen and oxygen atoms in total. The molecule has 2 aromatic heterocycles. The Bertz CT molecular complexity index is 840. The van der Waals surface area contributed by atoms with Crippen molar-refractivity contribution in [2.45, 2.75) is 39.4 Å². The zero-order chi connectivity index (χ0) is 18.2. The van der Waals surface area contributed by atoms with Gasteiger partial charge in [-0.15, -0.1) is 0 Å². The lowest BCUT2D eigenvalue weighted by atomic mass is 10.2. The molecule has 0 unspecified atom stereocenters. The van der Waals surface area contributed by atoms with Gasteiger partial charge in [0.15, 0.2) is 0 Å². The van der Waals surface area contributed by atoms with Crippen LogP contribution in [-0.4, -0.2) is 53.8 Å². The van der Waals surface area contributed by atoms with Crippen molar-refractivity contribution in [1.29, 1.82) is 0 Å². The lowest BCUT2D eigenvalue weighted by Gasteiger charge is -2.16. The molecule has 25 heavy (non-hydrogen) atoms. The average Bonchev–Trinajstić information content (AvgIpc) is 3.20. The van der Waals surface area contributed by atoms with Gasteiger partial charge in [-0.05, 0) is 38.5 Å². The second kappa shape index (κ2) is 6.93. The lowest BCUT2D eigenvalue weighted by Crippen LogP contribution is -2.24. The molecular formula is C17H26N4O3S. The maximum absolute atomic E-state index is 11.5. The number of hydrogen-bond acceptors (Lipinski definition) is 5. The van der Waals surface area contributed by atoms with Gasteiger partial charge in [0.2, 0.25) is 10.0 Å². The minimum Gasteiger partial charge on any atom is -0.463 e. The minimum absolute atomic E-state index is 0.257. The second-order valence-electron chi connectivity index (χ2n) is 6.94. The number of nitrogens with zero attached hydrogens (tertiary/aromatic N) is 4. The van der Waals surface area contributed by atoms with Crippen LogP contribution < -0.4 is 0 Å². The molecule has 0 saturated carbocycles. The first-order chi connectivity index (χ1) is 11.7. The number of likely N-dealkylation sites (tertiary alicyclic amines) is 1. The molecule has 1 fully saturated rings. The molecule has 0 spiro atoms. The molecule has 0 bridgehead atoms. The van der Waals surface area contributed by atoms with Crippen LogP contribution in [0.3, 0.4) is 0 Å². The predicted molar refractivity (Wildman–Crippen MR) is 95.7 cm³/mol. The fourth-order valence-electron chi connectivity index (χ4n) is 3.32. The summed E-state index contributed by atoms with van der Waals surface area (Å²) in [5, 5.41) is 4.60. The maximum atomic E-state index is 11.5. The molecule has 3 rings (SSSR count). The summed E-state index contributed by atoms with van der Waals surface area (Å²) >= 11 is 0. The topological polar surface area (TPSA) is 71.6 Å². The van der Waals surface area contributed by atoms with Gasteiger partial charge in [0.05, 0.1) is 31.1 Å². The molecule has 1 atom stereocenters. The van der Waals surface area contributed by atoms with E-state index in [1.807, 2.05) is 19.1 Å². The van der Waals surface area contributed by atoms with Gasteiger partial charge in [-0.1, -0.05) is 0 Å². The molecule has 0 N–H and O–H groups in total. The fraction of sp³-hybridized carbons (Fsp3) is 0.588. The first kappa shape index (κ1) is 18.2. The van der Waals surface area contributed by atoms with Gasteiger partial charge in [-0.2, -0.15) is 9.40 Å². The Morgan fingerprint density at radius 3 is 2.68 bits per heavy atom. The standard InChI is InChI=1S/C17H26N4O3S/c1-13-9-14(2)21(18-13)15-7-8-20(10-15)12-17-6-5-16(24-17)11-19(3)25(4,22)23/h5-6,9,15H,7-8,10-12H2,1-4H3/t15-/m0/s1. The normalized spacial score (nSPS) is 19.2. The zero-order valence-corrected chi connectivity index (χ0v) is 16.1. The monoisotopic (exact) mass is 366 g/mol. The fourth-order valence-corrected chi connectivity index (χ4v) is 3.68. The largest absolute Gasteiger partial charge is 0.463 e. The molecule has 1 aliphatic heterocycles. The zero-order valence-electron chi connectivity index (χ0n) is 15.3. The van der Waals surface area contributed by atoms with Crippen LogP contribution in [0.5, 0.6) is 0 Å². The molecule has 0 radical (unpaired) electrons. The molecule has 0 aliphatic carbocycles. The van der Waals surface area contributed by atoms with Crippen molar-refractivity contribution in [2.75, 3.05) is 26.4 Å². The summed E-state index contributed by atoms with van der Waals surface area (Å²) in [6, 6.07) is 6.30. The van der Waals surface area contributed by atoms with E-state index in [9.17, 15) is 8.42 Å². The quantitative estimate of drug-likeness (QED) is 0.781. The average molecular weight is 366 g/mol. The molecule has 138 valence electrons. The van der Waals surface area contributed by atoms with Crippen LogP contribution in [-0.2, 0) is 23.1 Å². The van der Waals surface area contributed by atoms with Crippen LogP contribution in [0.25, 0.3) is 0 Å². The molecule has 3 heterocycles.